The predicted molar refractivity (Wildman–Crippen MR) is 90.6 cm³/mol. The molecule has 2 aliphatic rings. The molecule has 0 spiro atoms. The lowest BCUT2D eigenvalue weighted by Crippen LogP contribution is -2.62. The molecule has 0 radical (unpaired) electrons. The fourth-order valence-corrected chi connectivity index (χ4v) is 3.82. The Morgan fingerprint density at radius 1 is 1.23 bits per heavy atom. The average Bonchev–Trinajstić information content (AvgIpc) is 2.57. The van der Waals surface area contributed by atoms with E-state index in [0.717, 1.165) is 30.1 Å². The normalized spacial score (nSPS) is 22.8. The molecule has 2 fully saturated rings. The smallest absolute Gasteiger partial charge is 0.368 e. The van der Waals surface area contributed by atoms with Gasteiger partial charge in [-0.2, -0.15) is 13.2 Å². The van der Waals surface area contributed by atoms with E-state index < -0.39 is 23.2 Å². The Balaban J connectivity index is 1.77. The van der Waals surface area contributed by atoms with Crippen molar-refractivity contribution in [3.63, 3.8) is 0 Å². The van der Waals surface area contributed by atoms with Gasteiger partial charge in [-0.3, -0.25) is 9.69 Å². The maximum absolute atomic E-state index is 13.7. The molecule has 0 bridgehead atoms. The van der Waals surface area contributed by atoms with Crippen molar-refractivity contribution in [3.8, 4) is 0 Å². The molecule has 9 heteroatoms. The molecular weight excluding hydrogens is 371 g/mol. The molecule has 1 aromatic rings. The van der Waals surface area contributed by atoms with E-state index in [0.29, 0.717) is 12.8 Å². The molecular formula is C17H21ClF3N3O2. The molecule has 1 aromatic carbocycles. The number of hydrogen-bond donors (Lipinski definition) is 2. The molecule has 0 aliphatic carbocycles. The maximum atomic E-state index is 13.7. The van der Waals surface area contributed by atoms with Crippen molar-refractivity contribution in [1.82, 2.24) is 9.80 Å². The first kappa shape index (κ1) is 19.4. The van der Waals surface area contributed by atoms with E-state index in [1.54, 1.807) is 0 Å². The lowest BCUT2D eigenvalue weighted by atomic mass is 9.89. The van der Waals surface area contributed by atoms with Crippen LogP contribution in [0, 0.1) is 0 Å². The van der Waals surface area contributed by atoms with Gasteiger partial charge in [0.2, 0.25) is 0 Å². The van der Waals surface area contributed by atoms with E-state index >= 15 is 0 Å². The minimum absolute atomic E-state index is 0.0193. The second-order valence-electron chi connectivity index (χ2n) is 6.96. The molecule has 2 heterocycles. The molecule has 1 atom stereocenters. The Morgan fingerprint density at radius 2 is 1.85 bits per heavy atom. The molecule has 3 N–H and O–H groups in total. The Kier molecular flexibility index (Phi) is 5.22. The van der Waals surface area contributed by atoms with Gasteiger partial charge in [-0.15, -0.1) is 0 Å². The number of likely N-dealkylation sites (tertiary alicyclic amines) is 2. The zero-order valence-corrected chi connectivity index (χ0v) is 14.8. The van der Waals surface area contributed by atoms with Crippen molar-refractivity contribution >= 4 is 17.5 Å². The standard InChI is InChI=1S/C17H21ClF3N3O2/c18-12-3-1-2-11(8-12)16(26,17(19,20)21)15(25)23-6-4-14(5-7-23)24-9-13(22)10-24/h1-3,8,13-14,26H,4-7,9-10,22H2. The van der Waals surface area contributed by atoms with E-state index in [1.165, 1.54) is 12.1 Å². The zero-order chi connectivity index (χ0) is 19.1. The van der Waals surface area contributed by atoms with Crippen molar-refractivity contribution in [2.24, 2.45) is 5.73 Å². The van der Waals surface area contributed by atoms with Crippen LogP contribution in [-0.2, 0) is 10.4 Å². The highest BCUT2D eigenvalue weighted by Crippen LogP contribution is 2.41. The van der Waals surface area contributed by atoms with Crippen LogP contribution in [0.5, 0.6) is 0 Å². The molecule has 2 saturated heterocycles. The number of rotatable bonds is 3. The second-order valence-corrected chi connectivity index (χ2v) is 7.39. The van der Waals surface area contributed by atoms with E-state index in [9.17, 15) is 23.1 Å². The molecule has 1 unspecified atom stereocenters. The van der Waals surface area contributed by atoms with Crippen molar-refractivity contribution in [2.75, 3.05) is 26.2 Å². The summed E-state index contributed by atoms with van der Waals surface area (Å²) in [6, 6.07) is 5.06. The summed E-state index contributed by atoms with van der Waals surface area (Å²) in [4.78, 5) is 15.9. The van der Waals surface area contributed by atoms with Crippen LogP contribution in [0.4, 0.5) is 13.2 Å². The van der Waals surface area contributed by atoms with E-state index in [2.05, 4.69) is 4.90 Å². The number of nitrogens with zero attached hydrogens (tertiary/aromatic N) is 2. The summed E-state index contributed by atoms with van der Waals surface area (Å²) in [5.41, 5.74) is 1.58. The molecule has 3 rings (SSSR count). The van der Waals surface area contributed by atoms with Crippen molar-refractivity contribution in [2.45, 2.75) is 36.7 Å². The lowest BCUT2D eigenvalue weighted by Gasteiger charge is -2.46. The second kappa shape index (κ2) is 6.99. The number of benzene rings is 1. The third-order valence-electron chi connectivity index (χ3n) is 5.17. The molecule has 1 amide bonds. The number of carbonyl (C=O) groups is 1. The first-order valence-electron chi connectivity index (χ1n) is 8.47. The van der Waals surface area contributed by atoms with Crippen LogP contribution in [0.25, 0.3) is 0 Å². The van der Waals surface area contributed by atoms with Crippen molar-refractivity contribution in [3.05, 3.63) is 34.9 Å². The average molecular weight is 392 g/mol. The fourth-order valence-electron chi connectivity index (χ4n) is 3.63. The maximum Gasteiger partial charge on any atom is 0.430 e. The van der Waals surface area contributed by atoms with Gasteiger partial charge in [0.15, 0.2) is 0 Å². The highest BCUT2D eigenvalue weighted by molar-refractivity contribution is 6.30. The minimum atomic E-state index is -5.16. The number of carbonyl (C=O) groups excluding carboxylic acids is 1. The van der Waals surface area contributed by atoms with E-state index in [4.69, 9.17) is 17.3 Å². The molecule has 5 nitrogen and oxygen atoms in total. The monoisotopic (exact) mass is 391 g/mol. The van der Waals surface area contributed by atoms with Crippen LogP contribution >= 0.6 is 11.6 Å². The van der Waals surface area contributed by atoms with Crippen LogP contribution in [0.2, 0.25) is 5.02 Å². The highest BCUT2D eigenvalue weighted by atomic mass is 35.5. The van der Waals surface area contributed by atoms with Crippen molar-refractivity contribution < 1.29 is 23.1 Å². The molecule has 0 saturated carbocycles. The summed E-state index contributed by atoms with van der Waals surface area (Å²) in [5.74, 6) is -1.36. The fraction of sp³-hybridized carbons (Fsp3) is 0.588. The lowest BCUT2D eigenvalue weighted by molar-refractivity contribution is -0.262. The summed E-state index contributed by atoms with van der Waals surface area (Å²) in [5, 5.41) is 10.4. The number of hydrogen-bond acceptors (Lipinski definition) is 4. The van der Waals surface area contributed by atoms with Gasteiger partial charge in [0.05, 0.1) is 0 Å². The molecule has 144 valence electrons. The summed E-state index contributed by atoms with van der Waals surface area (Å²) in [6.07, 6.45) is -4.04. The summed E-state index contributed by atoms with van der Waals surface area (Å²) >= 11 is 5.76. The van der Waals surface area contributed by atoms with Crippen LogP contribution in [-0.4, -0.2) is 65.3 Å². The number of alkyl halides is 3. The van der Waals surface area contributed by atoms with Gasteiger partial charge < -0.3 is 15.7 Å². The zero-order valence-electron chi connectivity index (χ0n) is 14.0. The first-order valence-corrected chi connectivity index (χ1v) is 8.85. The van der Waals surface area contributed by atoms with Gasteiger partial charge in [0.1, 0.15) is 0 Å². The highest BCUT2D eigenvalue weighted by Gasteiger charge is 2.62. The van der Waals surface area contributed by atoms with Crippen LogP contribution < -0.4 is 5.73 Å². The van der Waals surface area contributed by atoms with Gasteiger partial charge in [0, 0.05) is 48.8 Å². The Bertz CT molecular complexity index is 673. The topological polar surface area (TPSA) is 69.8 Å². The third-order valence-corrected chi connectivity index (χ3v) is 5.40. The quantitative estimate of drug-likeness (QED) is 0.823. The number of aliphatic hydroxyl groups is 1. The Morgan fingerprint density at radius 3 is 2.35 bits per heavy atom. The number of amides is 1. The summed E-state index contributed by atoms with van der Waals surface area (Å²) in [6.45, 7) is 1.86. The van der Waals surface area contributed by atoms with Gasteiger partial charge in [0.25, 0.3) is 11.5 Å². The van der Waals surface area contributed by atoms with Gasteiger partial charge in [-0.25, -0.2) is 0 Å². The Hall–Kier alpha value is -1.35. The third kappa shape index (κ3) is 3.43. The largest absolute Gasteiger partial charge is 0.430 e. The number of piperidine rings is 1. The van der Waals surface area contributed by atoms with Gasteiger partial charge in [-0.1, -0.05) is 23.7 Å². The Labute approximate surface area is 154 Å². The number of nitrogens with two attached hydrogens (primary N) is 1. The summed E-state index contributed by atoms with van der Waals surface area (Å²) in [7, 11) is 0. The first-order chi connectivity index (χ1) is 12.1. The minimum Gasteiger partial charge on any atom is -0.368 e. The van der Waals surface area contributed by atoms with Crippen LogP contribution in [0.15, 0.2) is 24.3 Å². The molecule has 26 heavy (non-hydrogen) atoms. The van der Waals surface area contributed by atoms with Crippen molar-refractivity contribution in [1.29, 1.82) is 0 Å². The van der Waals surface area contributed by atoms with Gasteiger partial charge in [-0.05, 0) is 25.0 Å². The van der Waals surface area contributed by atoms with E-state index in [-0.39, 0.29) is 30.2 Å². The van der Waals surface area contributed by atoms with E-state index in [1.807, 2.05) is 0 Å². The van der Waals surface area contributed by atoms with Gasteiger partial charge >= 0.3 is 6.18 Å². The number of halogens is 4. The molecule has 0 aromatic heterocycles. The van der Waals surface area contributed by atoms with Crippen LogP contribution in [0.1, 0.15) is 18.4 Å². The van der Waals surface area contributed by atoms with Crippen LogP contribution in [0.3, 0.4) is 0 Å². The SMILES string of the molecule is NC1CN(C2CCN(C(=O)C(O)(c3cccc(Cl)c3)C(F)(F)F)CC2)C1. The molecule has 2 aliphatic heterocycles. The predicted octanol–water partition coefficient (Wildman–Crippen LogP) is 1.72. The summed E-state index contributed by atoms with van der Waals surface area (Å²) < 4.78 is 41.0.